The second-order valence-electron chi connectivity index (χ2n) is 6.29. The Labute approximate surface area is 130 Å². The largest absolute Gasteiger partial charge is 0.444 e. The van der Waals surface area contributed by atoms with Crippen molar-refractivity contribution in [3.05, 3.63) is 18.0 Å². The Kier molecular flexibility index (Phi) is 5.08. The van der Waals surface area contributed by atoms with E-state index in [4.69, 9.17) is 4.74 Å². The summed E-state index contributed by atoms with van der Waals surface area (Å²) in [5.74, 6) is 0. The zero-order valence-corrected chi connectivity index (χ0v) is 13.9. The van der Waals surface area contributed by atoms with E-state index >= 15 is 0 Å². The monoisotopic (exact) mass is 309 g/mol. The maximum Gasteiger partial charge on any atom is 0.410 e. The number of thioether (sulfide) groups is 1. The van der Waals surface area contributed by atoms with Gasteiger partial charge in [-0.3, -0.25) is 0 Å². The molecule has 0 spiro atoms. The number of likely N-dealkylation sites (tertiary alicyclic amines) is 1. The number of aromatic nitrogens is 2. The van der Waals surface area contributed by atoms with Crippen LogP contribution < -0.4 is 0 Å². The van der Waals surface area contributed by atoms with Crippen molar-refractivity contribution < 1.29 is 9.53 Å². The van der Waals surface area contributed by atoms with Crippen molar-refractivity contribution in [1.29, 1.82) is 0 Å². The number of carbonyl (C=O) groups is 1. The highest BCUT2D eigenvalue weighted by molar-refractivity contribution is 7.99. The van der Waals surface area contributed by atoms with Gasteiger partial charge in [0, 0.05) is 30.2 Å². The highest BCUT2D eigenvalue weighted by atomic mass is 32.2. The second kappa shape index (κ2) is 6.64. The standard InChI is InChI=1S/C15H23N3O2S/c1-11-7-8-16-13(17-11)21-12-6-5-9-18(10-12)14(19)20-15(2,3)4/h7-8,12H,5-6,9-10H2,1-4H3/t12-/m1/s1. The van der Waals surface area contributed by atoms with Crippen LogP contribution in [0.1, 0.15) is 39.3 Å². The Balaban J connectivity index is 1.93. The minimum absolute atomic E-state index is 0.224. The van der Waals surface area contributed by atoms with Gasteiger partial charge in [0.05, 0.1) is 0 Å². The molecule has 1 saturated heterocycles. The van der Waals surface area contributed by atoms with Crippen LogP contribution in [0.15, 0.2) is 17.4 Å². The maximum absolute atomic E-state index is 12.1. The SMILES string of the molecule is Cc1ccnc(S[C@@H]2CCCN(C(=O)OC(C)(C)C)C2)n1. The summed E-state index contributed by atoms with van der Waals surface area (Å²) < 4.78 is 5.44. The number of amides is 1. The molecule has 0 saturated carbocycles. The van der Waals surface area contributed by atoms with Crippen molar-refractivity contribution in [3.63, 3.8) is 0 Å². The summed E-state index contributed by atoms with van der Waals surface area (Å²) in [4.78, 5) is 22.6. The Morgan fingerprint density at radius 2 is 2.24 bits per heavy atom. The first kappa shape index (κ1) is 16.1. The van der Waals surface area contributed by atoms with E-state index in [9.17, 15) is 4.79 Å². The van der Waals surface area contributed by atoms with Crippen molar-refractivity contribution in [1.82, 2.24) is 14.9 Å². The Morgan fingerprint density at radius 3 is 2.90 bits per heavy atom. The van der Waals surface area contributed by atoms with Crippen molar-refractivity contribution in [2.45, 2.75) is 56.5 Å². The fourth-order valence-corrected chi connectivity index (χ4v) is 3.31. The number of hydrogen-bond acceptors (Lipinski definition) is 5. The molecule has 0 radical (unpaired) electrons. The average Bonchev–Trinajstić information content (AvgIpc) is 2.37. The lowest BCUT2D eigenvalue weighted by molar-refractivity contribution is 0.0220. The molecule has 1 aromatic heterocycles. The lowest BCUT2D eigenvalue weighted by atomic mass is 10.1. The highest BCUT2D eigenvalue weighted by Crippen LogP contribution is 2.27. The number of rotatable bonds is 2. The zero-order valence-electron chi connectivity index (χ0n) is 13.1. The Bertz CT molecular complexity index is 502. The minimum atomic E-state index is -0.448. The van der Waals surface area contributed by atoms with E-state index in [1.807, 2.05) is 33.8 Å². The summed E-state index contributed by atoms with van der Waals surface area (Å²) in [5, 5.41) is 1.11. The molecule has 1 aromatic rings. The number of piperidine rings is 1. The van der Waals surface area contributed by atoms with Crippen LogP contribution >= 0.6 is 11.8 Å². The molecule has 0 bridgehead atoms. The first-order valence-corrected chi connectivity index (χ1v) is 8.16. The molecule has 1 fully saturated rings. The molecular weight excluding hydrogens is 286 g/mol. The van der Waals surface area contributed by atoms with Crippen LogP contribution in [-0.4, -0.2) is 44.9 Å². The molecule has 21 heavy (non-hydrogen) atoms. The van der Waals surface area contributed by atoms with Crippen LogP contribution in [0, 0.1) is 6.92 Å². The quantitative estimate of drug-likeness (QED) is 0.785. The van der Waals surface area contributed by atoms with Crippen LogP contribution in [0.3, 0.4) is 0 Å². The summed E-state index contributed by atoms with van der Waals surface area (Å²) in [6.07, 6.45) is 3.61. The molecule has 1 aliphatic heterocycles. The zero-order chi connectivity index (χ0) is 15.5. The molecule has 1 aliphatic rings. The average molecular weight is 309 g/mol. The van der Waals surface area contributed by atoms with E-state index < -0.39 is 5.60 Å². The molecule has 2 rings (SSSR count). The third kappa shape index (κ3) is 5.19. The van der Waals surface area contributed by atoms with Gasteiger partial charge in [0.25, 0.3) is 0 Å². The van der Waals surface area contributed by atoms with Gasteiger partial charge in [-0.15, -0.1) is 0 Å². The smallest absolute Gasteiger partial charge is 0.410 e. The summed E-state index contributed by atoms with van der Waals surface area (Å²) in [6.45, 7) is 9.09. The van der Waals surface area contributed by atoms with E-state index in [1.165, 1.54) is 0 Å². The molecule has 1 amide bonds. The summed E-state index contributed by atoms with van der Waals surface area (Å²) in [5.41, 5.74) is 0.518. The number of ether oxygens (including phenoxy) is 1. The first-order chi connectivity index (χ1) is 9.83. The topological polar surface area (TPSA) is 55.3 Å². The van der Waals surface area contributed by atoms with Gasteiger partial charge in [0.2, 0.25) is 0 Å². The van der Waals surface area contributed by atoms with E-state index in [2.05, 4.69) is 9.97 Å². The molecule has 0 aliphatic carbocycles. The third-order valence-electron chi connectivity index (χ3n) is 3.07. The second-order valence-corrected chi connectivity index (χ2v) is 7.56. The molecule has 2 heterocycles. The van der Waals surface area contributed by atoms with Gasteiger partial charge in [-0.25, -0.2) is 14.8 Å². The third-order valence-corrected chi connectivity index (χ3v) is 4.20. The number of carbonyl (C=O) groups excluding carboxylic acids is 1. The predicted octanol–water partition coefficient (Wildman–Crippen LogP) is 3.28. The van der Waals surface area contributed by atoms with Crippen molar-refractivity contribution in [2.75, 3.05) is 13.1 Å². The van der Waals surface area contributed by atoms with Gasteiger partial charge in [0.15, 0.2) is 5.16 Å². The molecule has 0 aromatic carbocycles. The lowest BCUT2D eigenvalue weighted by Crippen LogP contribution is -2.43. The summed E-state index contributed by atoms with van der Waals surface area (Å²) >= 11 is 1.65. The minimum Gasteiger partial charge on any atom is -0.444 e. The van der Waals surface area contributed by atoms with Gasteiger partial charge >= 0.3 is 6.09 Å². The summed E-state index contributed by atoms with van der Waals surface area (Å²) in [6, 6.07) is 1.89. The number of aryl methyl sites for hydroxylation is 1. The first-order valence-electron chi connectivity index (χ1n) is 7.28. The van der Waals surface area contributed by atoms with Crippen LogP contribution in [0.2, 0.25) is 0 Å². The molecule has 0 unspecified atom stereocenters. The fourth-order valence-electron chi connectivity index (χ4n) is 2.16. The maximum atomic E-state index is 12.1. The normalized spacial score (nSPS) is 19.4. The van der Waals surface area contributed by atoms with E-state index in [0.717, 1.165) is 30.2 Å². The fraction of sp³-hybridized carbons (Fsp3) is 0.667. The van der Waals surface area contributed by atoms with Crippen LogP contribution in [0.4, 0.5) is 4.79 Å². The van der Waals surface area contributed by atoms with Crippen LogP contribution in [0.5, 0.6) is 0 Å². The highest BCUT2D eigenvalue weighted by Gasteiger charge is 2.28. The molecule has 5 nitrogen and oxygen atoms in total. The Morgan fingerprint density at radius 1 is 1.48 bits per heavy atom. The van der Waals surface area contributed by atoms with Gasteiger partial charge in [-0.2, -0.15) is 0 Å². The van der Waals surface area contributed by atoms with Crippen LogP contribution in [0.25, 0.3) is 0 Å². The van der Waals surface area contributed by atoms with E-state index in [0.29, 0.717) is 11.8 Å². The Hall–Kier alpha value is -1.30. The predicted molar refractivity (Wildman–Crippen MR) is 83.5 cm³/mol. The van der Waals surface area contributed by atoms with Crippen molar-refractivity contribution >= 4 is 17.9 Å². The molecule has 1 atom stereocenters. The lowest BCUT2D eigenvalue weighted by Gasteiger charge is -2.33. The van der Waals surface area contributed by atoms with E-state index in [1.54, 1.807) is 22.9 Å². The van der Waals surface area contributed by atoms with Gasteiger partial charge in [0.1, 0.15) is 5.60 Å². The van der Waals surface area contributed by atoms with Gasteiger partial charge < -0.3 is 9.64 Å². The molecular formula is C15H23N3O2S. The molecule has 6 heteroatoms. The number of hydrogen-bond donors (Lipinski definition) is 0. The van der Waals surface area contributed by atoms with Gasteiger partial charge in [-0.05, 0) is 46.6 Å². The molecule has 116 valence electrons. The van der Waals surface area contributed by atoms with E-state index in [-0.39, 0.29) is 6.09 Å². The molecule has 0 N–H and O–H groups in total. The van der Waals surface area contributed by atoms with Crippen LogP contribution in [-0.2, 0) is 4.74 Å². The van der Waals surface area contributed by atoms with Gasteiger partial charge in [-0.1, -0.05) is 11.8 Å². The number of nitrogens with zero attached hydrogens (tertiary/aromatic N) is 3. The summed E-state index contributed by atoms with van der Waals surface area (Å²) in [7, 11) is 0. The van der Waals surface area contributed by atoms with Crippen molar-refractivity contribution in [3.8, 4) is 0 Å². The van der Waals surface area contributed by atoms with Crippen molar-refractivity contribution in [2.24, 2.45) is 0 Å².